The molecule has 41 heavy (non-hydrogen) atoms. The molecule has 0 spiro atoms. The van der Waals surface area contributed by atoms with E-state index in [2.05, 4.69) is 21.3 Å². The zero-order valence-electron chi connectivity index (χ0n) is 24.2. The van der Waals surface area contributed by atoms with Crippen molar-refractivity contribution in [1.82, 2.24) is 26.2 Å². The molecule has 5 amide bonds. The molecule has 0 unspecified atom stereocenters. The number of hydrogen-bond donors (Lipinski definition) is 4. The summed E-state index contributed by atoms with van der Waals surface area (Å²) in [5, 5.41) is 11.2. The summed E-state index contributed by atoms with van der Waals surface area (Å²) in [5.74, 6) is -2.26. The van der Waals surface area contributed by atoms with Gasteiger partial charge in [-0.3, -0.25) is 24.0 Å². The van der Waals surface area contributed by atoms with E-state index < -0.39 is 47.8 Å². The highest BCUT2D eigenvalue weighted by Crippen LogP contribution is 2.11. The number of amides is 5. The first kappa shape index (κ1) is 31.3. The Balaban J connectivity index is 1.97. The van der Waals surface area contributed by atoms with Crippen molar-refractivity contribution in [2.45, 2.75) is 71.1 Å². The largest absolute Gasteiger partial charge is 0.350 e. The Morgan fingerprint density at radius 1 is 0.829 bits per heavy atom. The van der Waals surface area contributed by atoms with Crippen molar-refractivity contribution in [1.29, 1.82) is 0 Å². The third-order valence-electron chi connectivity index (χ3n) is 6.95. The first-order valence-electron chi connectivity index (χ1n) is 14.2. The van der Waals surface area contributed by atoms with Crippen LogP contribution in [0.3, 0.4) is 0 Å². The maximum atomic E-state index is 13.6. The Bertz CT molecular complexity index is 1200. The van der Waals surface area contributed by atoms with Gasteiger partial charge in [0.2, 0.25) is 23.6 Å². The molecule has 4 atom stereocenters. The molecule has 2 aromatic rings. The number of rotatable bonds is 6. The van der Waals surface area contributed by atoms with Gasteiger partial charge in [-0.25, -0.2) is 0 Å². The number of carbonyl (C=O) groups excluding carboxylic acids is 5. The highest BCUT2D eigenvalue weighted by atomic mass is 16.2. The highest BCUT2D eigenvalue weighted by Gasteiger charge is 2.32. The van der Waals surface area contributed by atoms with Crippen LogP contribution in [0.15, 0.2) is 60.7 Å². The molecular formula is C31H41N5O5. The van der Waals surface area contributed by atoms with Crippen LogP contribution in [0.2, 0.25) is 0 Å². The molecule has 1 fully saturated rings. The molecule has 2 aromatic carbocycles. The van der Waals surface area contributed by atoms with Gasteiger partial charge < -0.3 is 26.2 Å². The molecule has 0 aromatic heterocycles. The zero-order valence-corrected chi connectivity index (χ0v) is 24.2. The van der Waals surface area contributed by atoms with Crippen LogP contribution in [0.5, 0.6) is 0 Å². The third-order valence-corrected chi connectivity index (χ3v) is 6.95. The maximum Gasteiger partial charge on any atom is 0.254 e. The zero-order chi connectivity index (χ0) is 29.9. The molecular weight excluding hydrogens is 522 g/mol. The number of benzene rings is 2. The summed E-state index contributed by atoms with van der Waals surface area (Å²) >= 11 is 0. The molecule has 0 aliphatic carbocycles. The van der Waals surface area contributed by atoms with Crippen molar-refractivity contribution in [2.24, 2.45) is 5.92 Å². The Morgan fingerprint density at radius 2 is 1.41 bits per heavy atom. The molecule has 1 aliphatic rings. The molecule has 3 rings (SSSR count). The minimum atomic E-state index is -0.953. The van der Waals surface area contributed by atoms with Gasteiger partial charge in [0.15, 0.2) is 0 Å². The minimum Gasteiger partial charge on any atom is -0.350 e. The number of nitrogens with zero attached hydrogens (tertiary/aromatic N) is 1. The first-order valence-corrected chi connectivity index (χ1v) is 14.2. The molecule has 10 heteroatoms. The molecule has 0 bridgehead atoms. The van der Waals surface area contributed by atoms with Crippen molar-refractivity contribution in [3.63, 3.8) is 0 Å². The van der Waals surface area contributed by atoms with E-state index in [1.807, 2.05) is 51.1 Å². The van der Waals surface area contributed by atoms with Gasteiger partial charge in [-0.05, 0) is 43.4 Å². The molecule has 220 valence electrons. The molecule has 0 saturated carbocycles. The fourth-order valence-electron chi connectivity index (χ4n) is 4.68. The Labute approximate surface area is 241 Å². The van der Waals surface area contributed by atoms with Crippen LogP contribution in [0.4, 0.5) is 0 Å². The van der Waals surface area contributed by atoms with Gasteiger partial charge in [0.1, 0.15) is 18.1 Å². The van der Waals surface area contributed by atoms with Gasteiger partial charge >= 0.3 is 0 Å². The Kier molecular flexibility index (Phi) is 11.4. The van der Waals surface area contributed by atoms with Gasteiger partial charge in [-0.2, -0.15) is 0 Å². The molecule has 4 N–H and O–H groups in total. The normalized spacial score (nSPS) is 23.0. The summed E-state index contributed by atoms with van der Waals surface area (Å²) in [6.45, 7) is 7.01. The van der Waals surface area contributed by atoms with E-state index in [0.717, 1.165) is 5.56 Å². The van der Waals surface area contributed by atoms with Crippen LogP contribution in [-0.4, -0.2) is 71.7 Å². The van der Waals surface area contributed by atoms with E-state index in [0.29, 0.717) is 18.4 Å². The first-order chi connectivity index (χ1) is 19.6. The van der Waals surface area contributed by atoms with E-state index in [1.54, 1.807) is 30.3 Å². The van der Waals surface area contributed by atoms with E-state index >= 15 is 0 Å². The smallest absolute Gasteiger partial charge is 0.254 e. The Morgan fingerprint density at radius 3 is 2.02 bits per heavy atom. The summed E-state index contributed by atoms with van der Waals surface area (Å²) in [5.41, 5.74) is 1.25. The SMILES string of the molecule is CC[C@H]1CN(C(=O)c2ccccc2)CC(=O)N[C@H](C)C(=O)N[C@@H](CC(C)C)C(=O)N[C@@H](Cc2ccccc2)C(=O)N1. The average Bonchev–Trinajstić information content (AvgIpc) is 2.95. The lowest BCUT2D eigenvalue weighted by molar-refractivity contribution is -0.133. The van der Waals surface area contributed by atoms with Crippen molar-refractivity contribution < 1.29 is 24.0 Å². The van der Waals surface area contributed by atoms with Crippen molar-refractivity contribution in [2.75, 3.05) is 13.1 Å². The predicted octanol–water partition coefficient (Wildman–Crippen LogP) is 1.80. The minimum absolute atomic E-state index is 0.0615. The second-order valence-corrected chi connectivity index (χ2v) is 10.9. The lowest BCUT2D eigenvalue weighted by Crippen LogP contribution is -2.57. The van der Waals surface area contributed by atoms with Crippen molar-refractivity contribution in [3.05, 3.63) is 71.8 Å². The van der Waals surface area contributed by atoms with Crippen LogP contribution < -0.4 is 21.3 Å². The van der Waals surface area contributed by atoms with Crippen LogP contribution >= 0.6 is 0 Å². The lowest BCUT2D eigenvalue weighted by atomic mass is 10.0. The van der Waals surface area contributed by atoms with E-state index in [4.69, 9.17) is 0 Å². The quantitative estimate of drug-likeness (QED) is 0.425. The fourth-order valence-corrected chi connectivity index (χ4v) is 4.68. The Hall–Kier alpha value is -4.21. The standard InChI is InChI=1S/C31H41N5O5/c1-5-24-18-36(31(41)23-14-10-7-11-15-23)19-27(37)32-21(4)28(38)34-25(16-20(2)3)30(40)35-26(29(39)33-24)17-22-12-8-6-9-13-22/h6-15,20-21,24-26H,5,16-19H2,1-4H3,(H,32,37)(H,33,39)(H,34,38)(H,35,40)/t21-,24+,25+,26+/m1/s1. The summed E-state index contributed by atoms with van der Waals surface area (Å²) in [7, 11) is 0. The monoisotopic (exact) mass is 563 g/mol. The van der Waals surface area contributed by atoms with Crippen LogP contribution in [0.1, 0.15) is 56.5 Å². The molecule has 1 aliphatic heterocycles. The van der Waals surface area contributed by atoms with Gasteiger partial charge in [0.25, 0.3) is 5.91 Å². The van der Waals surface area contributed by atoms with Crippen LogP contribution in [-0.2, 0) is 25.6 Å². The number of nitrogens with one attached hydrogen (secondary N) is 4. The third kappa shape index (κ3) is 9.44. The summed E-state index contributed by atoms with van der Waals surface area (Å²) < 4.78 is 0. The van der Waals surface area contributed by atoms with Crippen LogP contribution in [0, 0.1) is 5.92 Å². The van der Waals surface area contributed by atoms with E-state index in [-0.39, 0.29) is 31.3 Å². The van der Waals surface area contributed by atoms with E-state index in [1.165, 1.54) is 11.8 Å². The summed E-state index contributed by atoms with van der Waals surface area (Å²) in [6.07, 6.45) is 1.06. The second kappa shape index (κ2) is 15.0. The highest BCUT2D eigenvalue weighted by molar-refractivity contribution is 5.98. The molecule has 1 saturated heterocycles. The second-order valence-electron chi connectivity index (χ2n) is 10.9. The maximum absolute atomic E-state index is 13.6. The summed E-state index contributed by atoms with van der Waals surface area (Å²) in [6, 6.07) is 14.6. The van der Waals surface area contributed by atoms with Gasteiger partial charge in [0, 0.05) is 24.6 Å². The van der Waals surface area contributed by atoms with Crippen molar-refractivity contribution >= 4 is 29.5 Å². The molecule has 10 nitrogen and oxygen atoms in total. The number of carbonyl (C=O) groups is 5. The topological polar surface area (TPSA) is 137 Å². The van der Waals surface area contributed by atoms with Gasteiger partial charge in [-0.15, -0.1) is 0 Å². The molecule has 0 radical (unpaired) electrons. The predicted molar refractivity (Wildman–Crippen MR) is 156 cm³/mol. The van der Waals surface area contributed by atoms with Gasteiger partial charge in [0.05, 0.1) is 6.54 Å². The lowest BCUT2D eigenvalue weighted by Gasteiger charge is -2.29. The molecule has 1 heterocycles. The fraction of sp³-hybridized carbons (Fsp3) is 0.452. The van der Waals surface area contributed by atoms with Gasteiger partial charge in [-0.1, -0.05) is 69.3 Å². The number of hydrogen-bond acceptors (Lipinski definition) is 5. The summed E-state index contributed by atoms with van der Waals surface area (Å²) in [4.78, 5) is 67.9. The van der Waals surface area contributed by atoms with E-state index in [9.17, 15) is 24.0 Å². The average molecular weight is 564 g/mol. The van der Waals surface area contributed by atoms with Crippen molar-refractivity contribution in [3.8, 4) is 0 Å². The van der Waals surface area contributed by atoms with Crippen LogP contribution in [0.25, 0.3) is 0 Å².